The summed E-state index contributed by atoms with van der Waals surface area (Å²) in [6.45, 7) is 10.5. The molecule has 0 spiro atoms. The van der Waals surface area contributed by atoms with E-state index in [-0.39, 0.29) is 11.3 Å². The zero-order chi connectivity index (χ0) is 19.4. The first kappa shape index (κ1) is 19.4. The van der Waals surface area contributed by atoms with Crippen LogP contribution in [0.25, 0.3) is 0 Å². The Morgan fingerprint density at radius 1 is 1.26 bits per heavy atom. The minimum atomic E-state index is -0.127. The Morgan fingerprint density at radius 2 is 2.00 bits per heavy atom. The lowest BCUT2D eigenvalue weighted by molar-refractivity contribution is -0.116. The van der Waals surface area contributed by atoms with Crippen LogP contribution in [0.1, 0.15) is 63.7 Å². The molecule has 1 aromatic heterocycles. The standard InChI is InChI=1S/C21H30N4O2/c1-15-14-16(10-11-17(15)25-12-5-6-13-25)22-18(26)8-7-9-19-23-20(24-27-19)21(2,3)4/h10-11,14H,5-9,12-13H2,1-4H3,(H,22,26). The van der Waals surface area contributed by atoms with Crippen LogP contribution >= 0.6 is 0 Å². The third kappa shape index (κ3) is 5.08. The van der Waals surface area contributed by atoms with Gasteiger partial charge in [-0.3, -0.25) is 4.79 Å². The van der Waals surface area contributed by atoms with E-state index >= 15 is 0 Å². The number of amides is 1. The van der Waals surface area contributed by atoms with Crippen LogP contribution in [-0.4, -0.2) is 29.1 Å². The molecule has 0 bridgehead atoms. The van der Waals surface area contributed by atoms with Crippen molar-refractivity contribution in [3.05, 3.63) is 35.5 Å². The minimum Gasteiger partial charge on any atom is -0.371 e. The zero-order valence-electron chi connectivity index (χ0n) is 16.8. The summed E-state index contributed by atoms with van der Waals surface area (Å²) < 4.78 is 5.27. The maximum Gasteiger partial charge on any atom is 0.226 e. The molecule has 0 unspecified atom stereocenters. The number of anilines is 2. The molecular weight excluding hydrogens is 340 g/mol. The number of aromatic nitrogens is 2. The molecule has 1 aromatic carbocycles. The van der Waals surface area contributed by atoms with Crippen molar-refractivity contribution in [1.82, 2.24) is 10.1 Å². The minimum absolute atomic E-state index is 0.0129. The summed E-state index contributed by atoms with van der Waals surface area (Å²) in [4.78, 5) is 19.1. The molecule has 0 atom stereocenters. The largest absolute Gasteiger partial charge is 0.371 e. The van der Waals surface area contributed by atoms with Crippen LogP contribution in [-0.2, 0) is 16.6 Å². The van der Waals surface area contributed by atoms with E-state index in [1.807, 2.05) is 26.8 Å². The lowest BCUT2D eigenvalue weighted by Crippen LogP contribution is -2.19. The topological polar surface area (TPSA) is 71.3 Å². The highest BCUT2D eigenvalue weighted by atomic mass is 16.5. The molecule has 2 heterocycles. The third-order valence-electron chi connectivity index (χ3n) is 4.86. The molecule has 0 radical (unpaired) electrons. The van der Waals surface area contributed by atoms with Crippen LogP contribution in [0, 0.1) is 6.92 Å². The fourth-order valence-electron chi connectivity index (χ4n) is 3.33. The number of aryl methyl sites for hydroxylation is 2. The van der Waals surface area contributed by atoms with E-state index < -0.39 is 0 Å². The predicted octanol–water partition coefficient (Wildman–Crippen LogP) is 4.24. The highest BCUT2D eigenvalue weighted by molar-refractivity contribution is 5.91. The Balaban J connectivity index is 1.48. The number of hydrogen-bond acceptors (Lipinski definition) is 5. The average Bonchev–Trinajstić information content (AvgIpc) is 3.26. The first-order chi connectivity index (χ1) is 12.8. The third-order valence-corrected chi connectivity index (χ3v) is 4.86. The SMILES string of the molecule is Cc1cc(NC(=O)CCCc2nc(C(C)(C)C)no2)ccc1N1CCCC1. The average molecular weight is 370 g/mol. The van der Waals surface area contributed by atoms with Crippen LogP contribution in [0.2, 0.25) is 0 Å². The van der Waals surface area contributed by atoms with E-state index in [1.165, 1.54) is 24.1 Å². The van der Waals surface area contributed by atoms with Crippen LogP contribution in [0.4, 0.5) is 11.4 Å². The summed E-state index contributed by atoms with van der Waals surface area (Å²) >= 11 is 0. The van der Waals surface area contributed by atoms with Crippen molar-refractivity contribution in [3.63, 3.8) is 0 Å². The highest BCUT2D eigenvalue weighted by Gasteiger charge is 2.21. The normalized spacial score (nSPS) is 14.6. The van der Waals surface area contributed by atoms with Gasteiger partial charge in [0.05, 0.1) is 0 Å². The number of hydrogen-bond donors (Lipinski definition) is 1. The van der Waals surface area contributed by atoms with Gasteiger partial charge in [-0.25, -0.2) is 0 Å². The van der Waals surface area contributed by atoms with Gasteiger partial charge in [-0.15, -0.1) is 0 Å². The molecule has 3 rings (SSSR count). The Bertz CT molecular complexity index is 786. The van der Waals surface area contributed by atoms with Gasteiger partial charge in [-0.05, 0) is 49.9 Å². The summed E-state index contributed by atoms with van der Waals surface area (Å²) in [5, 5.41) is 7.01. The first-order valence-electron chi connectivity index (χ1n) is 9.81. The molecule has 1 amide bonds. The van der Waals surface area contributed by atoms with E-state index in [9.17, 15) is 4.79 Å². The molecule has 1 fully saturated rings. The zero-order valence-corrected chi connectivity index (χ0v) is 16.8. The Hall–Kier alpha value is -2.37. The summed E-state index contributed by atoms with van der Waals surface area (Å²) in [6, 6.07) is 6.16. The van der Waals surface area contributed by atoms with Crippen LogP contribution in [0.3, 0.4) is 0 Å². The van der Waals surface area contributed by atoms with E-state index in [1.54, 1.807) is 0 Å². The predicted molar refractivity (Wildman–Crippen MR) is 107 cm³/mol. The molecule has 0 aliphatic carbocycles. The summed E-state index contributed by atoms with van der Waals surface area (Å²) in [7, 11) is 0. The van der Waals surface area contributed by atoms with E-state index in [4.69, 9.17) is 4.52 Å². The fourth-order valence-corrected chi connectivity index (χ4v) is 3.33. The smallest absolute Gasteiger partial charge is 0.226 e. The fraction of sp³-hybridized carbons (Fsp3) is 0.571. The quantitative estimate of drug-likeness (QED) is 0.823. The monoisotopic (exact) mass is 370 g/mol. The van der Waals surface area contributed by atoms with Gasteiger partial charge in [-0.2, -0.15) is 4.98 Å². The lowest BCUT2D eigenvalue weighted by Gasteiger charge is -2.20. The molecule has 6 nitrogen and oxygen atoms in total. The van der Waals surface area contributed by atoms with Crippen molar-refractivity contribution >= 4 is 17.3 Å². The number of nitrogens with zero attached hydrogens (tertiary/aromatic N) is 3. The molecule has 1 aliphatic rings. The van der Waals surface area contributed by atoms with Crippen LogP contribution < -0.4 is 10.2 Å². The Morgan fingerprint density at radius 3 is 2.63 bits per heavy atom. The number of benzene rings is 1. The second kappa shape index (κ2) is 8.11. The molecule has 0 saturated carbocycles. The van der Waals surface area contributed by atoms with Crippen molar-refractivity contribution in [3.8, 4) is 0 Å². The van der Waals surface area contributed by atoms with Crippen molar-refractivity contribution in [2.45, 2.75) is 65.2 Å². The van der Waals surface area contributed by atoms with E-state index in [2.05, 4.69) is 39.4 Å². The first-order valence-corrected chi connectivity index (χ1v) is 9.81. The second-order valence-electron chi connectivity index (χ2n) is 8.36. The van der Waals surface area contributed by atoms with Gasteiger partial charge in [0.15, 0.2) is 5.82 Å². The van der Waals surface area contributed by atoms with Crippen molar-refractivity contribution in [2.75, 3.05) is 23.3 Å². The number of nitrogens with one attached hydrogen (secondary N) is 1. The molecule has 6 heteroatoms. The molecular formula is C21H30N4O2. The number of carbonyl (C=O) groups is 1. The number of rotatable bonds is 6. The Kier molecular flexibility index (Phi) is 5.82. The van der Waals surface area contributed by atoms with E-state index in [0.717, 1.165) is 18.8 Å². The number of carbonyl (C=O) groups excluding carboxylic acids is 1. The van der Waals surface area contributed by atoms with Crippen LogP contribution in [0.5, 0.6) is 0 Å². The van der Waals surface area contributed by atoms with Crippen molar-refractivity contribution < 1.29 is 9.32 Å². The summed E-state index contributed by atoms with van der Waals surface area (Å²) in [5.74, 6) is 1.31. The molecule has 1 N–H and O–H groups in total. The van der Waals surface area contributed by atoms with Gasteiger partial charge in [0.25, 0.3) is 0 Å². The van der Waals surface area contributed by atoms with E-state index in [0.29, 0.717) is 31.0 Å². The van der Waals surface area contributed by atoms with Gasteiger partial charge in [0.2, 0.25) is 11.8 Å². The van der Waals surface area contributed by atoms with Gasteiger partial charge in [0, 0.05) is 42.7 Å². The molecule has 1 aliphatic heterocycles. The Labute approximate surface area is 161 Å². The lowest BCUT2D eigenvalue weighted by atomic mass is 9.96. The summed E-state index contributed by atoms with van der Waals surface area (Å²) in [5.41, 5.74) is 3.21. The summed E-state index contributed by atoms with van der Waals surface area (Å²) in [6.07, 6.45) is 4.25. The molecule has 27 heavy (non-hydrogen) atoms. The van der Waals surface area contributed by atoms with Gasteiger partial charge in [0.1, 0.15) is 0 Å². The van der Waals surface area contributed by atoms with Crippen LogP contribution in [0.15, 0.2) is 22.7 Å². The second-order valence-corrected chi connectivity index (χ2v) is 8.36. The van der Waals surface area contributed by atoms with Gasteiger partial charge >= 0.3 is 0 Å². The molecule has 1 saturated heterocycles. The highest BCUT2D eigenvalue weighted by Crippen LogP contribution is 2.26. The van der Waals surface area contributed by atoms with Gasteiger partial charge in [-0.1, -0.05) is 25.9 Å². The maximum absolute atomic E-state index is 12.2. The molecule has 146 valence electrons. The van der Waals surface area contributed by atoms with Crippen molar-refractivity contribution in [2.24, 2.45) is 0 Å². The van der Waals surface area contributed by atoms with Crippen molar-refractivity contribution in [1.29, 1.82) is 0 Å². The maximum atomic E-state index is 12.2. The van der Waals surface area contributed by atoms with Gasteiger partial charge < -0.3 is 14.7 Å². The molecule has 2 aromatic rings.